The van der Waals surface area contributed by atoms with Crippen LogP contribution in [0.5, 0.6) is 0 Å². The quantitative estimate of drug-likeness (QED) is 0.153. The van der Waals surface area contributed by atoms with Crippen LogP contribution in [0.4, 0.5) is 4.79 Å². The lowest BCUT2D eigenvalue weighted by atomic mass is 10.00. The van der Waals surface area contributed by atoms with Crippen molar-refractivity contribution >= 4 is 34.7 Å². The Labute approximate surface area is 241 Å². The largest absolute Gasteiger partial charge is 0.480 e. The average Bonchev–Trinajstić information content (AvgIpc) is 2.93. The van der Waals surface area contributed by atoms with Crippen molar-refractivity contribution < 1.29 is 24.3 Å². The van der Waals surface area contributed by atoms with Gasteiger partial charge in [0.2, 0.25) is 11.8 Å². The van der Waals surface area contributed by atoms with Crippen LogP contribution in [0.2, 0.25) is 0 Å². The number of benzene rings is 2. The fourth-order valence-corrected chi connectivity index (χ4v) is 4.62. The van der Waals surface area contributed by atoms with Crippen LogP contribution >= 0.6 is 0 Å². The van der Waals surface area contributed by atoms with E-state index in [2.05, 4.69) is 20.9 Å². The number of aromatic amines is 1. The molecule has 0 radical (unpaired) electrons. The second-order valence-electron chi connectivity index (χ2n) is 10.4. The number of primary amides is 1. The lowest BCUT2D eigenvalue weighted by Gasteiger charge is -2.26. The Morgan fingerprint density at radius 1 is 0.929 bits per heavy atom. The van der Waals surface area contributed by atoms with Gasteiger partial charge in [0.25, 0.3) is 5.56 Å². The van der Waals surface area contributed by atoms with E-state index in [4.69, 9.17) is 5.73 Å². The topological polar surface area (TPSA) is 205 Å². The van der Waals surface area contributed by atoms with Crippen molar-refractivity contribution in [3.05, 3.63) is 81.0 Å². The molecule has 3 aromatic rings. The number of aromatic nitrogens is 2. The molecule has 4 amide bonds. The molecule has 0 saturated heterocycles. The minimum atomic E-state index is -1.31. The smallest absolute Gasteiger partial charge is 0.329 e. The zero-order valence-electron chi connectivity index (χ0n) is 23.5. The summed E-state index contributed by atoms with van der Waals surface area (Å²) in [4.78, 5) is 79.0. The molecule has 2 aromatic carbocycles. The number of urea groups is 1. The van der Waals surface area contributed by atoms with Crippen molar-refractivity contribution in [1.82, 2.24) is 25.5 Å². The summed E-state index contributed by atoms with van der Waals surface area (Å²) in [6.45, 7) is 3.78. The molecule has 0 aliphatic rings. The number of nitrogens with one attached hydrogen (secondary N) is 4. The first-order valence-electron chi connectivity index (χ1n) is 13.6. The Bertz CT molecular complexity index is 1530. The summed E-state index contributed by atoms with van der Waals surface area (Å²) in [5.74, 6) is -2.85. The molecule has 0 spiro atoms. The van der Waals surface area contributed by atoms with Crippen LogP contribution in [0.25, 0.3) is 10.9 Å². The highest BCUT2D eigenvalue weighted by molar-refractivity contribution is 5.91. The zero-order valence-corrected chi connectivity index (χ0v) is 23.5. The Hall–Kier alpha value is -4.94. The van der Waals surface area contributed by atoms with Gasteiger partial charge in [0.05, 0.1) is 10.9 Å². The number of H-pyrrole nitrogens is 1. The summed E-state index contributed by atoms with van der Waals surface area (Å²) < 4.78 is 0.848. The molecule has 3 rings (SSSR count). The summed E-state index contributed by atoms with van der Waals surface area (Å²) in [5.41, 5.74) is 4.58. The lowest BCUT2D eigenvalue weighted by molar-refractivity contribution is -0.142. The van der Waals surface area contributed by atoms with Crippen molar-refractivity contribution in [3.63, 3.8) is 0 Å². The Balaban J connectivity index is 1.92. The summed E-state index contributed by atoms with van der Waals surface area (Å²) in [7, 11) is 0. The first-order valence-corrected chi connectivity index (χ1v) is 13.6. The van der Waals surface area contributed by atoms with Gasteiger partial charge >= 0.3 is 17.7 Å². The van der Waals surface area contributed by atoms with Gasteiger partial charge < -0.3 is 31.8 Å². The van der Waals surface area contributed by atoms with Crippen LogP contribution in [0.15, 0.2) is 64.2 Å². The number of carboxylic acids is 1. The number of hydrogen-bond donors (Lipinski definition) is 6. The van der Waals surface area contributed by atoms with E-state index < -0.39 is 53.2 Å². The molecule has 1 aromatic heterocycles. The first-order chi connectivity index (χ1) is 20.0. The minimum absolute atomic E-state index is 0.00217. The highest BCUT2D eigenvalue weighted by atomic mass is 16.4. The maximum Gasteiger partial charge on any atom is 0.329 e. The first kappa shape index (κ1) is 31.6. The van der Waals surface area contributed by atoms with E-state index in [0.29, 0.717) is 11.1 Å². The summed E-state index contributed by atoms with van der Waals surface area (Å²) in [5, 5.41) is 17.3. The molecule has 13 nitrogen and oxygen atoms in total. The second kappa shape index (κ2) is 14.6. The summed E-state index contributed by atoms with van der Waals surface area (Å²) in [6, 6.07) is 10.8. The maximum atomic E-state index is 13.8. The van der Waals surface area contributed by atoms with Crippen molar-refractivity contribution in [1.29, 1.82) is 0 Å². The van der Waals surface area contributed by atoms with E-state index in [-0.39, 0.29) is 43.5 Å². The summed E-state index contributed by atoms with van der Waals surface area (Å²) >= 11 is 0. The molecule has 224 valence electrons. The molecule has 1 heterocycles. The van der Waals surface area contributed by atoms with Gasteiger partial charge in [-0.25, -0.2) is 19.0 Å². The van der Waals surface area contributed by atoms with Crippen LogP contribution < -0.4 is 32.9 Å². The van der Waals surface area contributed by atoms with E-state index in [1.807, 2.05) is 13.8 Å². The predicted molar refractivity (Wildman–Crippen MR) is 156 cm³/mol. The Morgan fingerprint density at radius 3 is 2.21 bits per heavy atom. The van der Waals surface area contributed by atoms with E-state index in [1.54, 1.807) is 54.6 Å². The maximum absolute atomic E-state index is 13.8. The third kappa shape index (κ3) is 8.53. The fourth-order valence-electron chi connectivity index (χ4n) is 4.62. The molecular formula is C29H36N6O7. The molecule has 7 N–H and O–H groups in total. The predicted octanol–water partition coefficient (Wildman–Crippen LogP) is 1.02. The molecule has 0 bridgehead atoms. The van der Waals surface area contributed by atoms with Crippen molar-refractivity contribution in [2.75, 3.05) is 6.54 Å². The number of carbonyl (C=O) groups excluding carboxylic acids is 3. The molecule has 0 aliphatic carbocycles. The molecule has 3 atom stereocenters. The van der Waals surface area contributed by atoms with Gasteiger partial charge in [-0.05, 0) is 42.9 Å². The Morgan fingerprint density at radius 2 is 1.57 bits per heavy atom. The number of carboxylic acid groups (broad SMARTS) is 1. The molecule has 0 saturated carbocycles. The van der Waals surface area contributed by atoms with Crippen LogP contribution in [-0.2, 0) is 20.8 Å². The average molecular weight is 581 g/mol. The van der Waals surface area contributed by atoms with Crippen molar-refractivity contribution in [2.24, 2.45) is 11.7 Å². The number of carbonyl (C=O) groups is 4. The van der Waals surface area contributed by atoms with Gasteiger partial charge in [-0.2, -0.15) is 0 Å². The highest BCUT2D eigenvalue weighted by Crippen LogP contribution is 2.15. The Kier molecular flexibility index (Phi) is 11.0. The number of fused-ring (bicyclic) bond motifs is 1. The van der Waals surface area contributed by atoms with Gasteiger partial charge in [0, 0.05) is 13.0 Å². The van der Waals surface area contributed by atoms with E-state index in [1.165, 1.54) is 0 Å². The molecule has 0 fully saturated rings. The van der Waals surface area contributed by atoms with Crippen LogP contribution in [0.1, 0.15) is 44.7 Å². The van der Waals surface area contributed by atoms with E-state index in [0.717, 1.165) is 4.57 Å². The number of amides is 4. The van der Waals surface area contributed by atoms with Gasteiger partial charge in [-0.15, -0.1) is 0 Å². The zero-order chi connectivity index (χ0) is 30.8. The molecule has 0 aliphatic heterocycles. The molecule has 42 heavy (non-hydrogen) atoms. The third-order valence-electron chi connectivity index (χ3n) is 6.65. The van der Waals surface area contributed by atoms with E-state index >= 15 is 0 Å². The monoisotopic (exact) mass is 580 g/mol. The number of hydrogen-bond acceptors (Lipinski definition) is 6. The lowest BCUT2D eigenvalue weighted by Crippen LogP contribution is -2.54. The third-order valence-corrected chi connectivity index (χ3v) is 6.65. The van der Waals surface area contributed by atoms with E-state index in [9.17, 15) is 33.9 Å². The van der Waals surface area contributed by atoms with Gasteiger partial charge in [0.1, 0.15) is 18.1 Å². The number of para-hydroxylation sites is 1. The van der Waals surface area contributed by atoms with Gasteiger partial charge in [-0.1, -0.05) is 56.3 Å². The number of rotatable bonds is 14. The SMILES string of the molecule is CC(C)C[C@H](NC(=O)[C@@H](Cc1ccccc1)n1c(=O)[nH]c2ccccc2c1=O)C(=O)N[C@@H](CCCNC(N)=O)C(=O)O. The summed E-state index contributed by atoms with van der Waals surface area (Å²) in [6.07, 6.45) is 0.374. The number of nitrogens with two attached hydrogens (primary N) is 1. The van der Waals surface area contributed by atoms with Crippen LogP contribution in [0.3, 0.4) is 0 Å². The van der Waals surface area contributed by atoms with Crippen molar-refractivity contribution in [2.45, 2.75) is 57.7 Å². The van der Waals surface area contributed by atoms with Crippen LogP contribution in [0, 0.1) is 5.92 Å². The van der Waals surface area contributed by atoms with Gasteiger partial charge in [0.15, 0.2) is 0 Å². The van der Waals surface area contributed by atoms with Gasteiger partial charge in [-0.3, -0.25) is 14.4 Å². The number of nitrogens with zero attached hydrogens (tertiary/aromatic N) is 1. The fraction of sp³-hybridized carbons (Fsp3) is 0.379. The second-order valence-corrected chi connectivity index (χ2v) is 10.4. The number of aliphatic carboxylic acids is 1. The minimum Gasteiger partial charge on any atom is -0.480 e. The standard InChI is InChI=1S/C29H36N6O7/c1-17(2)15-22(24(36)32-21(27(39)40)13-8-14-31-28(30)41)33-25(37)23(16-18-9-4-3-5-10-18)35-26(38)19-11-6-7-12-20(19)34-29(35)42/h3-7,9-12,17,21-23H,8,13-16H2,1-2H3,(H,32,36)(H,33,37)(H,34,42)(H,39,40)(H3,30,31,41)/t21-,22-,23+/m0/s1. The normalized spacial score (nSPS) is 13.2. The molecule has 13 heteroatoms. The highest BCUT2D eigenvalue weighted by Gasteiger charge is 2.31. The molecular weight excluding hydrogens is 544 g/mol. The van der Waals surface area contributed by atoms with Crippen LogP contribution in [-0.4, -0.2) is 57.1 Å². The molecule has 0 unspecified atom stereocenters. The van der Waals surface area contributed by atoms with Crippen molar-refractivity contribution in [3.8, 4) is 0 Å².